The van der Waals surface area contributed by atoms with Crippen LogP contribution in [0.15, 0.2) is 36.5 Å². The van der Waals surface area contributed by atoms with Crippen LogP contribution in [0.2, 0.25) is 0 Å². The van der Waals surface area contributed by atoms with Crippen LogP contribution in [0.1, 0.15) is 31.0 Å². The Morgan fingerprint density at radius 1 is 1.03 bits per heavy atom. The summed E-state index contributed by atoms with van der Waals surface area (Å²) in [5.74, 6) is 0.385. The number of phenolic OH excluding ortho intramolecular Hbond substituents is 1. The molecular weight excluding hydrogens is 430 g/mol. The van der Waals surface area contributed by atoms with Crippen molar-refractivity contribution in [3.8, 4) is 11.6 Å². The minimum atomic E-state index is -1.55. The summed E-state index contributed by atoms with van der Waals surface area (Å²) in [5.41, 5.74) is 2.57. The van der Waals surface area contributed by atoms with Crippen molar-refractivity contribution in [1.29, 1.82) is 0 Å². The van der Waals surface area contributed by atoms with Crippen molar-refractivity contribution in [3.63, 3.8) is 0 Å². The van der Waals surface area contributed by atoms with E-state index in [9.17, 15) is 25.5 Å². The molecule has 0 aliphatic carbocycles. The minimum Gasteiger partial charge on any atom is -0.508 e. The Labute approximate surface area is 190 Å². The lowest BCUT2D eigenvalue weighted by Gasteiger charge is -2.39. The average Bonchev–Trinajstić information content (AvgIpc) is 3.18. The van der Waals surface area contributed by atoms with Crippen molar-refractivity contribution in [2.45, 2.75) is 63.4 Å². The maximum Gasteiger partial charge on any atom is 0.245 e. The van der Waals surface area contributed by atoms with Gasteiger partial charge in [-0.15, -0.1) is 5.10 Å². The Balaban J connectivity index is 1.67. The summed E-state index contributed by atoms with van der Waals surface area (Å²) < 4.78 is 13.1. The molecule has 178 valence electrons. The number of aromatic nitrogens is 3. The van der Waals surface area contributed by atoms with Crippen molar-refractivity contribution in [3.05, 3.63) is 47.7 Å². The van der Waals surface area contributed by atoms with E-state index in [0.29, 0.717) is 23.9 Å². The van der Waals surface area contributed by atoms with Crippen molar-refractivity contribution >= 4 is 11.0 Å². The van der Waals surface area contributed by atoms with E-state index in [2.05, 4.69) is 10.1 Å². The van der Waals surface area contributed by atoms with Gasteiger partial charge in [-0.1, -0.05) is 12.1 Å². The molecule has 0 bridgehead atoms. The molecule has 0 radical (unpaired) electrons. The number of pyridine rings is 1. The Morgan fingerprint density at radius 3 is 2.42 bits per heavy atom. The molecule has 10 nitrogen and oxygen atoms in total. The van der Waals surface area contributed by atoms with Gasteiger partial charge in [0, 0.05) is 12.2 Å². The third-order valence-electron chi connectivity index (χ3n) is 5.83. The van der Waals surface area contributed by atoms with Crippen LogP contribution in [-0.4, -0.2) is 77.6 Å². The third-order valence-corrected chi connectivity index (χ3v) is 5.83. The highest BCUT2D eigenvalue weighted by Crippen LogP contribution is 2.33. The van der Waals surface area contributed by atoms with Crippen LogP contribution < -0.4 is 4.74 Å². The minimum absolute atomic E-state index is 0.0282. The van der Waals surface area contributed by atoms with Gasteiger partial charge in [-0.05, 0) is 56.0 Å². The first-order valence-electron chi connectivity index (χ1n) is 10.9. The lowest BCUT2D eigenvalue weighted by atomic mass is 9.99. The van der Waals surface area contributed by atoms with E-state index in [1.54, 1.807) is 23.0 Å². The maximum absolute atomic E-state index is 10.4. The van der Waals surface area contributed by atoms with E-state index < -0.39 is 37.3 Å². The van der Waals surface area contributed by atoms with Gasteiger partial charge >= 0.3 is 0 Å². The SMILES string of the molecule is CC(C)n1nc(O[C@@H]2O[C@H](CO)[C@@H](O)[C@H](O)[C@H]2O)c2c(CCc3ccc(O)cc3)ccnc21. The van der Waals surface area contributed by atoms with Crippen LogP contribution in [0.25, 0.3) is 11.0 Å². The molecule has 1 saturated heterocycles. The van der Waals surface area contributed by atoms with Gasteiger partial charge in [-0.2, -0.15) is 0 Å². The smallest absolute Gasteiger partial charge is 0.245 e. The van der Waals surface area contributed by atoms with Gasteiger partial charge in [-0.25, -0.2) is 9.67 Å². The molecule has 0 saturated carbocycles. The monoisotopic (exact) mass is 459 g/mol. The lowest BCUT2D eigenvalue weighted by molar-refractivity contribution is -0.278. The number of aromatic hydroxyl groups is 1. The molecule has 1 aliphatic rings. The molecule has 0 amide bonds. The van der Waals surface area contributed by atoms with Crippen LogP contribution >= 0.6 is 0 Å². The molecule has 10 heteroatoms. The van der Waals surface area contributed by atoms with E-state index in [0.717, 1.165) is 11.1 Å². The number of rotatable bonds is 7. The molecule has 2 aromatic heterocycles. The number of aliphatic hydroxyl groups excluding tert-OH is 4. The maximum atomic E-state index is 10.4. The summed E-state index contributed by atoms with van der Waals surface area (Å²) in [6.07, 6.45) is -3.96. The topological polar surface area (TPSA) is 150 Å². The number of hydrogen-bond donors (Lipinski definition) is 5. The second-order valence-corrected chi connectivity index (χ2v) is 8.49. The fraction of sp³-hybridized carbons (Fsp3) is 0.478. The highest BCUT2D eigenvalue weighted by Gasteiger charge is 2.45. The number of fused-ring (bicyclic) bond motifs is 1. The third kappa shape index (κ3) is 4.66. The molecule has 33 heavy (non-hydrogen) atoms. The summed E-state index contributed by atoms with van der Waals surface area (Å²) in [6, 6.07) is 8.84. The standard InChI is InChI=1S/C23H29N3O7/c1-12(2)26-21-17(14(9-10-24-21)6-3-13-4-7-15(28)8-5-13)22(25-26)33-23-20(31)19(30)18(29)16(11-27)32-23/h4-5,7-10,12,16,18-20,23,27-31H,3,6,11H2,1-2H3/t16-,18-,19+,20-,23+/m1/s1. The second kappa shape index (κ2) is 9.62. The first-order valence-corrected chi connectivity index (χ1v) is 10.9. The molecule has 1 aromatic carbocycles. The fourth-order valence-corrected chi connectivity index (χ4v) is 3.96. The van der Waals surface area contributed by atoms with Crippen LogP contribution in [0.3, 0.4) is 0 Å². The Morgan fingerprint density at radius 2 is 1.76 bits per heavy atom. The number of hydrogen-bond acceptors (Lipinski definition) is 9. The van der Waals surface area contributed by atoms with Crippen molar-refractivity contribution in [2.75, 3.05) is 6.61 Å². The molecule has 5 atom stereocenters. The zero-order valence-electron chi connectivity index (χ0n) is 18.4. The zero-order valence-corrected chi connectivity index (χ0v) is 18.4. The molecule has 5 N–H and O–H groups in total. The quantitative estimate of drug-likeness (QED) is 0.344. The van der Waals surface area contributed by atoms with E-state index in [1.807, 2.05) is 32.0 Å². The van der Waals surface area contributed by atoms with Gasteiger partial charge in [0.15, 0.2) is 5.65 Å². The van der Waals surface area contributed by atoms with E-state index in [1.165, 1.54) is 0 Å². The van der Waals surface area contributed by atoms with Gasteiger partial charge < -0.3 is 35.0 Å². The number of phenols is 1. The van der Waals surface area contributed by atoms with Gasteiger partial charge in [0.25, 0.3) is 0 Å². The molecule has 1 aliphatic heterocycles. The predicted octanol–water partition coefficient (Wildman–Crippen LogP) is 0.682. The van der Waals surface area contributed by atoms with Crippen molar-refractivity contribution in [2.24, 2.45) is 0 Å². The summed E-state index contributed by atoms with van der Waals surface area (Å²) in [6.45, 7) is 3.36. The van der Waals surface area contributed by atoms with Crippen molar-refractivity contribution < 1.29 is 35.0 Å². The summed E-state index contributed by atoms with van der Waals surface area (Å²) >= 11 is 0. The summed E-state index contributed by atoms with van der Waals surface area (Å²) in [7, 11) is 0. The molecule has 3 heterocycles. The second-order valence-electron chi connectivity index (χ2n) is 8.49. The molecule has 1 fully saturated rings. The highest BCUT2D eigenvalue weighted by molar-refractivity contribution is 5.85. The van der Waals surface area contributed by atoms with Crippen LogP contribution in [-0.2, 0) is 17.6 Å². The van der Waals surface area contributed by atoms with Crippen LogP contribution in [0.5, 0.6) is 11.6 Å². The largest absolute Gasteiger partial charge is 0.508 e. The molecule has 0 spiro atoms. The fourth-order valence-electron chi connectivity index (χ4n) is 3.96. The highest BCUT2D eigenvalue weighted by atomic mass is 16.7. The Hall–Kier alpha value is -2.76. The number of aryl methyl sites for hydroxylation is 2. The number of ether oxygens (including phenoxy) is 2. The summed E-state index contributed by atoms with van der Waals surface area (Å²) in [4.78, 5) is 4.48. The molecular formula is C23H29N3O7. The lowest BCUT2D eigenvalue weighted by Crippen LogP contribution is -2.60. The number of benzene rings is 1. The first kappa shape index (κ1) is 23.4. The van der Waals surface area contributed by atoms with Gasteiger partial charge in [0.05, 0.1) is 12.0 Å². The summed E-state index contributed by atoms with van der Waals surface area (Å²) in [5, 5.41) is 54.7. The first-order chi connectivity index (χ1) is 15.8. The van der Waals surface area contributed by atoms with E-state index in [-0.39, 0.29) is 17.7 Å². The molecule has 4 rings (SSSR count). The van der Waals surface area contributed by atoms with Gasteiger partial charge in [0.2, 0.25) is 12.2 Å². The van der Waals surface area contributed by atoms with E-state index in [4.69, 9.17) is 9.47 Å². The predicted molar refractivity (Wildman–Crippen MR) is 118 cm³/mol. The Kier molecular flexibility index (Phi) is 6.82. The van der Waals surface area contributed by atoms with Crippen LogP contribution in [0, 0.1) is 0 Å². The molecule has 0 unspecified atom stereocenters. The molecule has 3 aromatic rings. The zero-order chi connectivity index (χ0) is 23.7. The van der Waals surface area contributed by atoms with Crippen molar-refractivity contribution in [1.82, 2.24) is 14.8 Å². The Bertz CT molecular complexity index is 1080. The van der Waals surface area contributed by atoms with E-state index >= 15 is 0 Å². The normalized spacial score (nSPS) is 25.6. The number of nitrogens with zero attached hydrogens (tertiary/aromatic N) is 3. The number of aliphatic hydroxyl groups is 4. The average molecular weight is 459 g/mol. The van der Waals surface area contributed by atoms with Gasteiger partial charge in [-0.3, -0.25) is 0 Å². The van der Waals surface area contributed by atoms with Crippen LogP contribution in [0.4, 0.5) is 0 Å². The van der Waals surface area contributed by atoms with Gasteiger partial charge in [0.1, 0.15) is 30.2 Å².